The standard InChI is InChI=1S/C20H19ClN4O3/c1-27-18-5-2-13(21)10-16(18)20(26)24-14-3-4-15-17(11-14)22-12-23-19(15)25-6-8-28-9-7-25/h2-5,10-12H,6-9H2,1H3,(H,24,26). The van der Waals surface area contributed by atoms with Crippen molar-refractivity contribution in [1.82, 2.24) is 9.97 Å². The van der Waals surface area contributed by atoms with Gasteiger partial charge in [0, 0.05) is 29.2 Å². The highest BCUT2D eigenvalue weighted by Gasteiger charge is 2.17. The smallest absolute Gasteiger partial charge is 0.259 e. The summed E-state index contributed by atoms with van der Waals surface area (Å²) in [7, 11) is 1.51. The SMILES string of the molecule is COc1ccc(Cl)cc1C(=O)Nc1ccc2c(N3CCOCC3)ncnc2c1. The Morgan fingerprint density at radius 3 is 2.79 bits per heavy atom. The Balaban J connectivity index is 1.62. The number of benzene rings is 2. The molecule has 2 heterocycles. The second-order valence-corrected chi connectivity index (χ2v) is 6.76. The van der Waals surface area contributed by atoms with Gasteiger partial charge in [0.2, 0.25) is 0 Å². The summed E-state index contributed by atoms with van der Waals surface area (Å²) in [5.41, 5.74) is 1.75. The van der Waals surface area contributed by atoms with Crippen LogP contribution in [0.4, 0.5) is 11.5 Å². The fourth-order valence-electron chi connectivity index (χ4n) is 3.20. The molecule has 1 amide bonds. The Morgan fingerprint density at radius 2 is 2.00 bits per heavy atom. The third kappa shape index (κ3) is 3.72. The quantitative estimate of drug-likeness (QED) is 0.726. The summed E-state index contributed by atoms with van der Waals surface area (Å²) in [6, 6.07) is 10.5. The number of nitrogens with zero attached hydrogens (tertiary/aromatic N) is 3. The highest BCUT2D eigenvalue weighted by atomic mass is 35.5. The monoisotopic (exact) mass is 398 g/mol. The van der Waals surface area contributed by atoms with Crippen LogP contribution in [0.1, 0.15) is 10.4 Å². The molecule has 1 aliphatic heterocycles. The number of hydrogen-bond acceptors (Lipinski definition) is 6. The number of nitrogens with one attached hydrogen (secondary N) is 1. The zero-order valence-corrected chi connectivity index (χ0v) is 16.1. The first-order valence-electron chi connectivity index (χ1n) is 8.88. The lowest BCUT2D eigenvalue weighted by atomic mass is 10.1. The minimum atomic E-state index is -0.304. The third-order valence-corrected chi connectivity index (χ3v) is 4.83. The molecule has 1 saturated heterocycles. The number of anilines is 2. The number of carbonyl (C=O) groups excluding carboxylic acids is 1. The summed E-state index contributed by atoms with van der Waals surface area (Å²) in [6.45, 7) is 2.94. The van der Waals surface area contributed by atoms with Crippen molar-refractivity contribution in [3.05, 3.63) is 53.3 Å². The Morgan fingerprint density at radius 1 is 1.18 bits per heavy atom. The lowest BCUT2D eigenvalue weighted by molar-refractivity contribution is 0.102. The molecule has 0 spiro atoms. The van der Waals surface area contributed by atoms with E-state index in [0.717, 1.165) is 29.8 Å². The predicted molar refractivity (Wildman–Crippen MR) is 109 cm³/mol. The predicted octanol–water partition coefficient (Wildman–Crippen LogP) is 3.38. The summed E-state index contributed by atoms with van der Waals surface area (Å²) in [6.07, 6.45) is 1.54. The maximum atomic E-state index is 12.7. The molecule has 144 valence electrons. The second kappa shape index (κ2) is 8.00. The Kier molecular flexibility index (Phi) is 5.27. The molecule has 28 heavy (non-hydrogen) atoms. The number of hydrogen-bond donors (Lipinski definition) is 1. The molecule has 0 aliphatic carbocycles. The van der Waals surface area contributed by atoms with Crippen LogP contribution in [0, 0.1) is 0 Å². The highest BCUT2D eigenvalue weighted by molar-refractivity contribution is 6.31. The van der Waals surface area contributed by atoms with Crippen molar-refractivity contribution in [3.63, 3.8) is 0 Å². The van der Waals surface area contributed by atoms with Crippen LogP contribution in [0.5, 0.6) is 5.75 Å². The van der Waals surface area contributed by atoms with Gasteiger partial charge in [0.1, 0.15) is 17.9 Å². The zero-order valence-electron chi connectivity index (χ0n) is 15.3. The van der Waals surface area contributed by atoms with E-state index in [1.807, 2.05) is 18.2 Å². The van der Waals surface area contributed by atoms with Crippen molar-refractivity contribution in [3.8, 4) is 5.75 Å². The van der Waals surface area contributed by atoms with E-state index in [0.29, 0.717) is 35.2 Å². The van der Waals surface area contributed by atoms with Crippen LogP contribution < -0.4 is 15.0 Å². The van der Waals surface area contributed by atoms with E-state index >= 15 is 0 Å². The van der Waals surface area contributed by atoms with Gasteiger partial charge in [-0.25, -0.2) is 9.97 Å². The topological polar surface area (TPSA) is 76.6 Å². The number of fused-ring (bicyclic) bond motifs is 1. The maximum Gasteiger partial charge on any atom is 0.259 e. The zero-order chi connectivity index (χ0) is 19.5. The number of aromatic nitrogens is 2. The summed E-state index contributed by atoms with van der Waals surface area (Å²) in [5, 5.41) is 4.28. The molecule has 7 nitrogen and oxygen atoms in total. The van der Waals surface area contributed by atoms with E-state index in [4.69, 9.17) is 21.1 Å². The molecule has 0 atom stereocenters. The fourth-order valence-corrected chi connectivity index (χ4v) is 3.38. The number of halogens is 1. The van der Waals surface area contributed by atoms with Gasteiger partial charge in [0.05, 0.1) is 31.4 Å². The number of amides is 1. The van der Waals surface area contributed by atoms with Gasteiger partial charge in [0.25, 0.3) is 5.91 Å². The van der Waals surface area contributed by atoms with Crippen LogP contribution in [0.2, 0.25) is 5.02 Å². The van der Waals surface area contributed by atoms with E-state index < -0.39 is 0 Å². The van der Waals surface area contributed by atoms with Crippen LogP contribution in [0.15, 0.2) is 42.7 Å². The van der Waals surface area contributed by atoms with E-state index in [2.05, 4.69) is 20.2 Å². The third-order valence-electron chi connectivity index (χ3n) is 4.59. The van der Waals surface area contributed by atoms with E-state index in [1.165, 1.54) is 7.11 Å². The minimum Gasteiger partial charge on any atom is -0.496 e. The molecule has 1 aromatic heterocycles. The van der Waals surface area contributed by atoms with Gasteiger partial charge < -0.3 is 19.7 Å². The van der Waals surface area contributed by atoms with Gasteiger partial charge in [-0.15, -0.1) is 0 Å². The molecule has 0 radical (unpaired) electrons. The summed E-state index contributed by atoms with van der Waals surface area (Å²) < 4.78 is 10.7. The number of methoxy groups -OCH3 is 1. The molecule has 4 rings (SSSR count). The van der Waals surface area contributed by atoms with Gasteiger partial charge in [-0.2, -0.15) is 0 Å². The van der Waals surface area contributed by atoms with Crippen molar-refractivity contribution < 1.29 is 14.3 Å². The normalized spacial score (nSPS) is 14.1. The number of morpholine rings is 1. The van der Waals surface area contributed by atoms with Gasteiger partial charge in [-0.3, -0.25) is 4.79 Å². The molecule has 0 saturated carbocycles. The molecule has 2 aromatic carbocycles. The largest absolute Gasteiger partial charge is 0.496 e. The maximum absolute atomic E-state index is 12.7. The van der Waals surface area contributed by atoms with Crippen LogP contribution >= 0.6 is 11.6 Å². The van der Waals surface area contributed by atoms with Gasteiger partial charge >= 0.3 is 0 Å². The first kappa shape index (κ1) is 18.5. The highest BCUT2D eigenvalue weighted by Crippen LogP contribution is 2.27. The second-order valence-electron chi connectivity index (χ2n) is 6.33. The summed E-state index contributed by atoms with van der Waals surface area (Å²) in [5.74, 6) is 1.03. The van der Waals surface area contributed by atoms with Crippen molar-refractivity contribution >= 4 is 39.9 Å². The first-order chi connectivity index (χ1) is 13.7. The van der Waals surface area contributed by atoms with Crippen LogP contribution in [0.25, 0.3) is 10.9 Å². The molecular formula is C20H19ClN4O3. The molecular weight excluding hydrogens is 380 g/mol. The molecule has 3 aromatic rings. The molecule has 0 unspecified atom stereocenters. The van der Waals surface area contributed by atoms with Gasteiger partial charge in [-0.1, -0.05) is 11.6 Å². The number of carbonyl (C=O) groups is 1. The number of rotatable bonds is 4. The van der Waals surface area contributed by atoms with Crippen LogP contribution in [-0.2, 0) is 4.74 Å². The average molecular weight is 399 g/mol. The minimum absolute atomic E-state index is 0.304. The number of ether oxygens (including phenoxy) is 2. The van der Waals surface area contributed by atoms with Crippen molar-refractivity contribution in [2.75, 3.05) is 43.6 Å². The van der Waals surface area contributed by atoms with Gasteiger partial charge in [-0.05, 0) is 36.4 Å². The first-order valence-corrected chi connectivity index (χ1v) is 9.26. The Bertz CT molecular complexity index is 1020. The van der Waals surface area contributed by atoms with Gasteiger partial charge in [0.15, 0.2) is 0 Å². The molecule has 1 N–H and O–H groups in total. The lowest BCUT2D eigenvalue weighted by Crippen LogP contribution is -2.36. The molecule has 8 heteroatoms. The molecule has 1 fully saturated rings. The van der Waals surface area contributed by atoms with E-state index in [9.17, 15) is 4.79 Å². The summed E-state index contributed by atoms with van der Waals surface area (Å²) in [4.78, 5) is 23.7. The molecule has 0 bridgehead atoms. The van der Waals surface area contributed by atoms with Crippen LogP contribution in [0.3, 0.4) is 0 Å². The van der Waals surface area contributed by atoms with E-state index in [-0.39, 0.29) is 5.91 Å². The lowest BCUT2D eigenvalue weighted by Gasteiger charge is -2.28. The van der Waals surface area contributed by atoms with Crippen molar-refractivity contribution in [2.45, 2.75) is 0 Å². The Hall–Kier alpha value is -2.90. The average Bonchev–Trinajstić information content (AvgIpc) is 2.73. The fraction of sp³-hybridized carbons (Fsp3) is 0.250. The molecule has 1 aliphatic rings. The Labute approximate surface area is 167 Å². The summed E-state index contributed by atoms with van der Waals surface area (Å²) >= 11 is 6.02. The van der Waals surface area contributed by atoms with E-state index in [1.54, 1.807) is 24.5 Å². The van der Waals surface area contributed by atoms with Crippen molar-refractivity contribution in [2.24, 2.45) is 0 Å². The van der Waals surface area contributed by atoms with Crippen molar-refractivity contribution in [1.29, 1.82) is 0 Å². The van der Waals surface area contributed by atoms with Crippen LogP contribution in [-0.4, -0.2) is 49.3 Å².